The highest BCUT2D eigenvalue weighted by atomic mass is 35.5. The number of aromatic nitrogens is 2. The van der Waals surface area contributed by atoms with Crippen LogP contribution in [0.1, 0.15) is 18.5 Å². The highest BCUT2D eigenvalue weighted by Gasteiger charge is 2.22. The van der Waals surface area contributed by atoms with Crippen molar-refractivity contribution in [1.82, 2.24) is 9.97 Å². The van der Waals surface area contributed by atoms with Crippen LogP contribution in [-0.4, -0.2) is 43.9 Å². The first-order valence-electron chi connectivity index (χ1n) is 10.4. The van der Waals surface area contributed by atoms with Gasteiger partial charge in [-0.25, -0.2) is 4.98 Å². The lowest BCUT2D eigenvalue weighted by Gasteiger charge is -2.23. The summed E-state index contributed by atoms with van der Waals surface area (Å²) >= 11 is 13.3. The lowest BCUT2D eigenvalue weighted by Crippen LogP contribution is -2.23. The third-order valence-corrected chi connectivity index (χ3v) is 6.42. The van der Waals surface area contributed by atoms with Gasteiger partial charge >= 0.3 is 0 Å². The van der Waals surface area contributed by atoms with Crippen molar-refractivity contribution in [3.05, 3.63) is 46.7 Å². The smallest absolute Gasteiger partial charge is 0.141 e. The minimum atomic E-state index is 0.371. The zero-order valence-corrected chi connectivity index (χ0v) is 19.6. The van der Waals surface area contributed by atoms with Crippen molar-refractivity contribution in [2.24, 2.45) is 5.92 Å². The summed E-state index contributed by atoms with van der Waals surface area (Å²) in [5, 5.41) is 6.14. The van der Waals surface area contributed by atoms with Crippen molar-refractivity contribution in [2.75, 3.05) is 39.3 Å². The number of nitrogens with one attached hydrogen (secondary N) is 1. The summed E-state index contributed by atoms with van der Waals surface area (Å²) in [5.74, 6) is 2.18. The molecule has 6 nitrogen and oxygen atoms in total. The van der Waals surface area contributed by atoms with Crippen molar-refractivity contribution in [1.29, 1.82) is 0 Å². The second kappa shape index (κ2) is 9.94. The Hall–Kier alpha value is -2.54. The third-order valence-electron chi connectivity index (χ3n) is 5.67. The lowest BCUT2D eigenvalue weighted by molar-refractivity contribution is 0.0699. The van der Waals surface area contributed by atoms with E-state index in [0.29, 0.717) is 38.7 Å². The molecule has 1 fully saturated rings. The fraction of sp³-hybridized carbons (Fsp3) is 0.333. The molecular formula is C24H25Cl2N3O3. The predicted octanol–water partition coefficient (Wildman–Crippen LogP) is 6.10. The van der Waals surface area contributed by atoms with E-state index in [-0.39, 0.29) is 0 Å². The standard InChI is InChI=1S/C24H25Cl2N3O3/c1-4-16-10-17-15(13-27-16)9-18(29-24(17)28-12-14-5-7-32-8-6-14)21-22(25)19(30-2)11-20(31-3)23(21)26/h4,9-11,13-14H,1,5-8,12H2,2-3H3,(H,28,29). The fourth-order valence-corrected chi connectivity index (χ4v) is 4.53. The van der Waals surface area contributed by atoms with E-state index in [1.807, 2.05) is 12.1 Å². The van der Waals surface area contributed by atoms with Crippen LogP contribution in [0.4, 0.5) is 5.82 Å². The summed E-state index contributed by atoms with van der Waals surface area (Å²) in [5.41, 5.74) is 1.93. The average Bonchev–Trinajstić information content (AvgIpc) is 2.83. The highest BCUT2D eigenvalue weighted by molar-refractivity contribution is 6.41. The average molecular weight is 474 g/mol. The molecule has 4 rings (SSSR count). The predicted molar refractivity (Wildman–Crippen MR) is 130 cm³/mol. The largest absolute Gasteiger partial charge is 0.495 e. The second-order valence-electron chi connectivity index (χ2n) is 7.61. The Balaban J connectivity index is 1.85. The van der Waals surface area contributed by atoms with Gasteiger partial charge in [0.15, 0.2) is 0 Å². The Morgan fingerprint density at radius 3 is 2.44 bits per heavy atom. The number of methoxy groups -OCH3 is 2. The van der Waals surface area contributed by atoms with Gasteiger partial charge in [0.05, 0.1) is 35.7 Å². The number of halogens is 2. The zero-order valence-electron chi connectivity index (χ0n) is 18.1. The molecule has 0 radical (unpaired) electrons. The molecule has 1 N–H and O–H groups in total. The first-order chi connectivity index (χ1) is 15.5. The molecule has 0 spiro atoms. The number of rotatable bonds is 7. The molecule has 0 atom stereocenters. The molecule has 0 aliphatic carbocycles. The molecule has 168 valence electrons. The van der Waals surface area contributed by atoms with Crippen LogP contribution in [0, 0.1) is 5.92 Å². The van der Waals surface area contributed by atoms with Gasteiger partial charge in [-0.2, -0.15) is 0 Å². The monoisotopic (exact) mass is 473 g/mol. The summed E-state index contributed by atoms with van der Waals surface area (Å²) in [4.78, 5) is 9.38. The van der Waals surface area contributed by atoms with Crippen LogP contribution in [0.5, 0.6) is 11.5 Å². The molecule has 3 heterocycles. The zero-order chi connectivity index (χ0) is 22.7. The van der Waals surface area contributed by atoms with Gasteiger partial charge in [0.2, 0.25) is 0 Å². The Bertz CT molecular complexity index is 1120. The molecule has 0 amide bonds. The minimum absolute atomic E-state index is 0.371. The summed E-state index contributed by atoms with van der Waals surface area (Å²) in [6.07, 6.45) is 5.57. The highest BCUT2D eigenvalue weighted by Crippen LogP contribution is 2.46. The quantitative estimate of drug-likeness (QED) is 0.446. The van der Waals surface area contributed by atoms with Gasteiger partial charge in [0.25, 0.3) is 0 Å². The number of fused-ring (bicyclic) bond motifs is 1. The minimum Gasteiger partial charge on any atom is -0.495 e. The number of benzene rings is 1. The van der Waals surface area contributed by atoms with Gasteiger partial charge in [-0.15, -0.1) is 0 Å². The summed E-state index contributed by atoms with van der Waals surface area (Å²) in [7, 11) is 3.10. The Morgan fingerprint density at radius 2 is 1.81 bits per heavy atom. The van der Waals surface area contributed by atoms with Crippen molar-refractivity contribution >= 4 is 45.9 Å². The normalized spacial score (nSPS) is 14.4. The van der Waals surface area contributed by atoms with Crippen LogP contribution >= 0.6 is 23.2 Å². The van der Waals surface area contributed by atoms with E-state index in [2.05, 4.69) is 16.9 Å². The summed E-state index contributed by atoms with van der Waals surface area (Å²) in [6.45, 7) is 6.21. The van der Waals surface area contributed by atoms with E-state index in [9.17, 15) is 0 Å². The molecule has 32 heavy (non-hydrogen) atoms. The maximum Gasteiger partial charge on any atom is 0.141 e. The van der Waals surface area contributed by atoms with Gasteiger partial charge in [0.1, 0.15) is 17.3 Å². The number of hydrogen-bond donors (Lipinski definition) is 1. The van der Waals surface area contributed by atoms with Gasteiger partial charge in [-0.05, 0) is 37.0 Å². The van der Waals surface area contributed by atoms with Crippen molar-refractivity contribution in [2.45, 2.75) is 12.8 Å². The van der Waals surface area contributed by atoms with Crippen LogP contribution in [0.2, 0.25) is 10.0 Å². The van der Waals surface area contributed by atoms with E-state index < -0.39 is 0 Å². The van der Waals surface area contributed by atoms with Crippen LogP contribution in [-0.2, 0) is 4.74 Å². The molecule has 0 unspecified atom stereocenters. The van der Waals surface area contributed by atoms with E-state index in [1.165, 1.54) is 0 Å². The SMILES string of the molecule is C=Cc1cc2c(NCC3CCOCC3)nc(-c3c(Cl)c(OC)cc(OC)c3Cl)cc2cn1. The molecule has 2 aromatic heterocycles. The van der Waals surface area contributed by atoms with E-state index >= 15 is 0 Å². The molecular weight excluding hydrogens is 449 g/mol. The first-order valence-corrected chi connectivity index (χ1v) is 11.2. The van der Waals surface area contributed by atoms with Crippen LogP contribution in [0.15, 0.2) is 31.0 Å². The van der Waals surface area contributed by atoms with Crippen molar-refractivity contribution in [3.63, 3.8) is 0 Å². The van der Waals surface area contributed by atoms with E-state index in [4.69, 9.17) is 42.4 Å². The van der Waals surface area contributed by atoms with Crippen molar-refractivity contribution < 1.29 is 14.2 Å². The Kier molecular flexibility index (Phi) is 7.04. The molecule has 1 aromatic carbocycles. The van der Waals surface area contributed by atoms with Crippen LogP contribution in [0.25, 0.3) is 28.1 Å². The Morgan fingerprint density at radius 1 is 1.12 bits per heavy atom. The molecule has 1 aliphatic heterocycles. The van der Waals surface area contributed by atoms with Crippen molar-refractivity contribution in [3.8, 4) is 22.8 Å². The Labute approximate surface area is 197 Å². The molecule has 0 saturated carbocycles. The second-order valence-corrected chi connectivity index (χ2v) is 8.37. The van der Waals surface area contributed by atoms with Gasteiger partial charge in [-0.3, -0.25) is 4.98 Å². The maximum absolute atomic E-state index is 6.66. The molecule has 1 saturated heterocycles. The van der Waals surface area contributed by atoms with E-state index in [0.717, 1.165) is 54.9 Å². The van der Waals surface area contributed by atoms with E-state index in [1.54, 1.807) is 32.6 Å². The van der Waals surface area contributed by atoms with Gasteiger partial charge in [0, 0.05) is 48.4 Å². The fourth-order valence-electron chi connectivity index (χ4n) is 3.84. The first kappa shape index (κ1) is 22.6. The summed E-state index contributed by atoms with van der Waals surface area (Å²) in [6, 6.07) is 5.55. The molecule has 3 aromatic rings. The van der Waals surface area contributed by atoms with Crippen LogP contribution < -0.4 is 14.8 Å². The number of anilines is 1. The summed E-state index contributed by atoms with van der Waals surface area (Å²) < 4.78 is 16.3. The number of nitrogens with zero attached hydrogens (tertiary/aromatic N) is 2. The van der Waals surface area contributed by atoms with Gasteiger partial charge in [-0.1, -0.05) is 29.8 Å². The van der Waals surface area contributed by atoms with Crippen LogP contribution in [0.3, 0.4) is 0 Å². The molecule has 0 bridgehead atoms. The maximum atomic E-state index is 6.66. The number of ether oxygens (including phenoxy) is 3. The van der Waals surface area contributed by atoms with Gasteiger partial charge < -0.3 is 19.5 Å². The number of hydrogen-bond acceptors (Lipinski definition) is 6. The molecule has 1 aliphatic rings. The third kappa shape index (κ3) is 4.49. The number of pyridine rings is 2. The topological polar surface area (TPSA) is 65.5 Å². The molecule has 8 heteroatoms. The lowest BCUT2D eigenvalue weighted by atomic mass is 10.0.